The van der Waals surface area contributed by atoms with Crippen molar-refractivity contribution in [2.75, 3.05) is 5.32 Å². The zero-order chi connectivity index (χ0) is 20.8. The van der Waals surface area contributed by atoms with Crippen LogP contribution in [0.25, 0.3) is 11.0 Å². The van der Waals surface area contributed by atoms with Crippen molar-refractivity contribution in [2.24, 2.45) is 0 Å². The predicted octanol–water partition coefficient (Wildman–Crippen LogP) is 4.99. The van der Waals surface area contributed by atoms with Crippen LogP contribution in [-0.4, -0.2) is 22.1 Å². The number of anilines is 1. The molecule has 0 radical (unpaired) electrons. The number of carbonyl (C=O) groups excluding carboxylic acids is 1. The van der Waals surface area contributed by atoms with Gasteiger partial charge in [-0.25, -0.2) is 4.79 Å². The van der Waals surface area contributed by atoms with Gasteiger partial charge in [-0.1, -0.05) is 31.9 Å². The van der Waals surface area contributed by atoms with E-state index < -0.39 is 11.9 Å². The highest BCUT2D eigenvalue weighted by Gasteiger charge is 2.14. The third kappa shape index (κ3) is 5.42. The summed E-state index contributed by atoms with van der Waals surface area (Å²) in [4.78, 5) is 23.4. The first kappa shape index (κ1) is 20.5. The summed E-state index contributed by atoms with van der Waals surface area (Å²) in [6.45, 7) is 2.18. The molecule has 0 bridgehead atoms. The number of unbranched alkanes of at least 4 members (excludes halogenated alkanes) is 2. The first-order valence-corrected chi connectivity index (χ1v) is 9.85. The van der Waals surface area contributed by atoms with Gasteiger partial charge in [0, 0.05) is 16.6 Å². The van der Waals surface area contributed by atoms with Gasteiger partial charge in [0.05, 0.1) is 0 Å². The van der Waals surface area contributed by atoms with Crippen molar-refractivity contribution >= 4 is 45.9 Å². The van der Waals surface area contributed by atoms with E-state index in [1.54, 1.807) is 18.2 Å². The summed E-state index contributed by atoms with van der Waals surface area (Å²) >= 11 is 5.23. The Morgan fingerprint density at radius 2 is 1.83 bits per heavy atom. The minimum atomic E-state index is -1.16. The number of aryl methyl sites for hydroxylation is 1. The fourth-order valence-electron chi connectivity index (χ4n) is 2.96. The summed E-state index contributed by atoms with van der Waals surface area (Å²) in [5, 5.41) is 15.3. The molecular formula is C22H22N2O4S. The van der Waals surface area contributed by atoms with Gasteiger partial charge in [-0.05, 0) is 67.0 Å². The molecule has 0 aliphatic heterocycles. The average molecular weight is 410 g/mol. The molecule has 0 aliphatic rings. The molecular weight excluding hydrogens is 388 g/mol. The maximum absolute atomic E-state index is 12.4. The number of hydrogen-bond donors (Lipinski definition) is 3. The standard InChI is InChI=1S/C22H22N2O4S/c1-2-3-4-5-14-6-9-17(10-7-14)23-22(29)24-20(25)15-8-11-18-16(12-15)13-19(28-18)21(26)27/h6-13H,2-5H2,1H3,(H,26,27)(H2,23,24,25,29). The van der Waals surface area contributed by atoms with E-state index in [9.17, 15) is 9.59 Å². The van der Waals surface area contributed by atoms with Gasteiger partial charge in [-0.15, -0.1) is 0 Å². The number of thiocarbonyl (C=S) groups is 1. The fraction of sp³-hybridized carbons (Fsp3) is 0.227. The molecule has 150 valence electrons. The van der Waals surface area contributed by atoms with Crippen LogP contribution in [0.2, 0.25) is 0 Å². The quantitative estimate of drug-likeness (QED) is 0.375. The van der Waals surface area contributed by atoms with Crippen LogP contribution >= 0.6 is 12.2 Å². The largest absolute Gasteiger partial charge is 0.475 e. The van der Waals surface area contributed by atoms with Crippen molar-refractivity contribution in [3.63, 3.8) is 0 Å². The average Bonchev–Trinajstić information content (AvgIpc) is 3.13. The highest BCUT2D eigenvalue weighted by Crippen LogP contribution is 2.21. The Kier molecular flexibility index (Phi) is 6.61. The Labute approximate surface area is 173 Å². The summed E-state index contributed by atoms with van der Waals surface area (Å²) in [5.74, 6) is -1.72. The molecule has 3 N–H and O–H groups in total. The number of benzene rings is 2. The summed E-state index contributed by atoms with van der Waals surface area (Å²) in [6, 6.07) is 14.0. The Balaban J connectivity index is 1.59. The van der Waals surface area contributed by atoms with Gasteiger partial charge in [-0.3, -0.25) is 10.1 Å². The van der Waals surface area contributed by atoms with Crippen molar-refractivity contribution in [2.45, 2.75) is 32.6 Å². The van der Waals surface area contributed by atoms with Crippen LogP contribution in [0.1, 0.15) is 52.7 Å². The predicted molar refractivity (Wildman–Crippen MR) is 117 cm³/mol. The van der Waals surface area contributed by atoms with Crippen molar-refractivity contribution < 1.29 is 19.1 Å². The van der Waals surface area contributed by atoms with Gasteiger partial charge in [0.1, 0.15) is 5.58 Å². The molecule has 0 aliphatic carbocycles. The Morgan fingerprint density at radius 3 is 2.52 bits per heavy atom. The number of carboxylic acids is 1. The molecule has 29 heavy (non-hydrogen) atoms. The van der Waals surface area contributed by atoms with Crippen LogP contribution < -0.4 is 10.6 Å². The smallest absolute Gasteiger partial charge is 0.371 e. The molecule has 0 spiro atoms. The lowest BCUT2D eigenvalue weighted by atomic mass is 10.1. The molecule has 7 heteroatoms. The molecule has 1 amide bonds. The minimum absolute atomic E-state index is 0.173. The molecule has 2 aromatic carbocycles. The van der Waals surface area contributed by atoms with Crippen LogP contribution in [0.5, 0.6) is 0 Å². The molecule has 6 nitrogen and oxygen atoms in total. The van der Waals surface area contributed by atoms with E-state index in [4.69, 9.17) is 21.7 Å². The van der Waals surface area contributed by atoms with Crippen molar-refractivity contribution in [3.05, 3.63) is 65.4 Å². The van der Waals surface area contributed by atoms with Crippen LogP contribution in [0.15, 0.2) is 52.9 Å². The second-order valence-electron chi connectivity index (χ2n) is 6.73. The number of nitrogens with one attached hydrogen (secondary N) is 2. The zero-order valence-electron chi connectivity index (χ0n) is 16.0. The van der Waals surface area contributed by atoms with Gasteiger partial charge in [0.15, 0.2) is 5.11 Å². The van der Waals surface area contributed by atoms with Crippen LogP contribution in [0.3, 0.4) is 0 Å². The van der Waals surface area contributed by atoms with Crippen molar-refractivity contribution in [1.82, 2.24) is 5.32 Å². The number of carbonyl (C=O) groups is 2. The molecule has 3 aromatic rings. The summed E-state index contributed by atoms with van der Waals surface area (Å²) in [6.07, 6.45) is 4.64. The summed E-state index contributed by atoms with van der Waals surface area (Å²) in [5.41, 5.74) is 2.82. The van der Waals surface area contributed by atoms with Crippen LogP contribution in [-0.2, 0) is 6.42 Å². The van der Waals surface area contributed by atoms with Gasteiger partial charge in [0.25, 0.3) is 5.91 Å². The Bertz CT molecular complexity index is 1040. The number of aromatic carboxylic acids is 1. The van der Waals surface area contributed by atoms with Gasteiger partial charge in [0.2, 0.25) is 5.76 Å². The topological polar surface area (TPSA) is 91.6 Å². The van der Waals surface area contributed by atoms with E-state index >= 15 is 0 Å². The minimum Gasteiger partial charge on any atom is -0.475 e. The van der Waals surface area contributed by atoms with Gasteiger partial charge >= 0.3 is 5.97 Å². The van der Waals surface area contributed by atoms with Crippen LogP contribution in [0, 0.1) is 0 Å². The maximum Gasteiger partial charge on any atom is 0.371 e. The van der Waals surface area contributed by atoms with Gasteiger partial charge in [-0.2, -0.15) is 0 Å². The molecule has 0 fully saturated rings. The molecule has 0 saturated carbocycles. The van der Waals surface area contributed by atoms with Crippen molar-refractivity contribution in [3.8, 4) is 0 Å². The zero-order valence-corrected chi connectivity index (χ0v) is 16.8. The van der Waals surface area contributed by atoms with E-state index in [-0.39, 0.29) is 10.9 Å². The Hall–Kier alpha value is -3.19. The first-order chi connectivity index (χ1) is 14.0. The number of furan rings is 1. The molecule has 0 unspecified atom stereocenters. The van der Waals surface area contributed by atoms with E-state index in [2.05, 4.69) is 29.7 Å². The van der Waals surface area contributed by atoms with E-state index in [1.165, 1.54) is 30.9 Å². The molecule has 0 saturated heterocycles. The number of rotatable bonds is 7. The van der Waals surface area contributed by atoms with E-state index in [0.29, 0.717) is 16.5 Å². The monoisotopic (exact) mass is 410 g/mol. The molecule has 0 atom stereocenters. The maximum atomic E-state index is 12.4. The highest BCUT2D eigenvalue weighted by molar-refractivity contribution is 7.80. The lowest BCUT2D eigenvalue weighted by Gasteiger charge is -2.10. The SMILES string of the molecule is CCCCCc1ccc(NC(=S)NC(=O)c2ccc3oc(C(=O)O)cc3c2)cc1. The number of fused-ring (bicyclic) bond motifs is 1. The first-order valence-electron chi connectivity index (χ1n) is 9.44. The lowest BCUT2D eigenvalue weighted by molar-refractivity contribution is 0.0664. The number of carboxylic acid groups (broad SMARTS) is 1. The fourth-order valence-corrected chi connectivity index (χ4v) is 3.17. The second kappa shape index (κ2) is 9.34. The Morgan fingerprint density at radius 1 is 1.07 bits per heavy atom. The third-order valence-corrected chi connectivity index (χ3v) is 4.70. The highest BCUT2D eigenvalue weighted by atomic mass is 32.1. The normalized spacial score (nSPS) is 10.7. The summed E-state index contributed by atoms with van der Waals surface area (Å²) < 4.78 is 5.20. The molecule has 3 rings (SSSR count). The number of amides is 1. The van der Waals surface area contributed by atoms with Gasteiger partial charge < -0.3 is 14.8 Å². The van der Waals surface area contributed by atoms with E-state index in [1.807, 2.05) is 12.1 Å². The lowest BCUT2D eigenvalue weighted by Crippen LogP contribution is -2.34. The second-order valence-corrected chi connectivity index (χ2v) is 7.14. The molecule has 1 heterocycles. The van der Waals surface area contributed by atoms with Crippen molar-refractivity contribution in [1.29, 1.82) is 0 Å². The van der Waals surface area contributed by atoms with E-state index in [0.717, 1.165) is 12.1 Å². The summed E-state index contributed by atoms with van der Waals surface area (Å²) in [7, 11) is 0. The van der Waals surface area contributed by atoms with Crippen LogP contribution in [0.4, 0.5) is 5.69 Å². The third-order valence-electron chi connectivity index (χ3n) is 4.50. The number of hydrogen-bond acceptors (Lipinski definition) is 4. The molecule has 1 aromatic heterocycles.